The van der Waals surface area contributed by atoms with E-state index < -0.39 is 18.0 Å². The maximum atomic E-state index is 14.2. The number of carboxylic acids is 1. The van der Waals surface area contributed by atoms with Crippen LogP contribution in [0.25, 0.3) is 23.1 Å². The number of carboxylic acid groups (broad SMARTS) is 1. The van der Waals surface area contributed by atoms with Crippen molar-refractivity contribution < 1.29 is 28.6 Å². The number of hydrogen-bond donors (Lipinski definition) is 1. The lowest BCUT2D eigenvalue weighted by atomic mass is 9.93. The molecule has 1 aliphatic heterocycles. The summed E-state index contributed by atoms with van der Waals surface area (Å²) in [5.74, 6) is 0.0858. The third-order valence-corrected chi connectivity index (χ3v) is 8.50. The van der Waals surface area contributed by atoms with Gasteiger partial charge in [-0.3, -0.25) is 9.36 Å². The SMILES string of the molecule is CCOC(=O)C1=C(c2ccccc2)N=c2s/c(=C\c3ccc(-c4ccc(C(=O)O)cc4C)o3)c(=O)n2[C@H]1c1ccc(OCC)cc1. The van der Waals surface area contributed by atoms with Crippen LogP contribution in [0.15, 0.2) is 105 Å². The fraction of sp³-hybridized carbons (Fsp3) is 0.167. The van der Waals surface area contributed by atoms with Crippen molar-refractivity contribution in [3.8, 4) is 17.1 Å². The lowest BCUT2D eigenvalue weighted by molar-refractivity contribution is -0.138. The summed E-state index contributed by atoms with van der Waals surface area (Å²) in [5, 5.41) is 9.31. The minimum Gasteiger partial charge on any atom is -0.494 e. The zero-order valence-electron chi connectivity index (χ0n) is 25.4. The average Bonchev–Trinajstić information content (AvgIpc) is 3.65. The predicted molar refractivity (Wildman–Crippen MR) is 175 cm³/mol. The van der Waals surface area contributed by atoms with Crippen molar-refractivity contribution in [3.05, 3.63) is 138 Å². The normalized spacial score (nSPS) is 14.5. The van der Waals surface area contributed by atoms with E-state index in [4.69, 9.17) is 18.9 Å². The zero-order chi connectivity index (χ0) is 32.4. The Labute approximate surface area is 268 Å². The number of ether oxygens (including phenoxy) is 2. The molecule has 0 aliphatic carbocycles. The van der Waals surface area contributed by atoms with Crippen LogP contribution in [0.4, 0.5) is 0 Å². The van der Waals surface area contributed by atoms with Crippen LogP contribution in [0.1, 0.15) is 52.7 Å². The second-order valence-corrected chi connectivity index (χ2v) is 11.5. The lowest BCUT2D eigenvalue weighted by Crippen LogP contribution is -2.40. The average molecular weight is 635 g/mol. The summed E-state index contributed by atoms with van der Waals surface area (Å²) in [6.45, 7) is 6.11. The van der Waals surface area contributed by atoms with Crippen LogP contribution in [-0.4, -0.2) is 34.8 Å². The maximum Gasteiger partial charge on any atom is 0.338 e. The van der Waals surface area contributed by atoms with E-state index in [0.29, 0.717) is 44.5 Å². The third-order valence-electron chi connectivity index (χ3n) is 7.52. The Bertz CT molecular complexity index is 2160. The number of aryl methyl sites for hydroxylation is 1. The second-order valence-electron chi connectivity index (χ2n) is 10.5. The molecular weight excluding hydrogens is 604 g/mol. The molecule has 6 rings (SSSR count). The van der Waals surface area contributed by atoms with E-state index in [1.165, 1.54) is 22.0 Å². The molecule has 232 valence electrons. The Balaban J connectivity index is 1.52. The lowest BCUT2D eigenvalue weighted by Gasteiger charge is -2.26. The van der Waals surface area contributed by atoms with E-state index in [1.54, 1.807) is 37.3 Å². The number of furan rings is 1. The standard InChI is InChI=1S/C36H30N2O7S/c1-4-43-25-14-11-23(12-15-25)32-30(35(42)44-5-2)31(22-9-7-6-8-10-22)37-36-38(32)33(39)29(46-36)20-26-16-18-28(45-26)27-17-13-24(34(40)41)19-21(27)3/h6-20,32H,4-5H2,1-3H3,(H,40,41)/b29-20-/t32-/m0/s1. The summed E-state index contributed by atoms with van der Waals surface area (Å²) in [5.41, 5.74) is 3.46. The fourth-order valence-electron chi connectivity index (χ4n) is 5.45. The molecule has 46 heavy (non-hydrogen) atoms. The quantitative estimate of drug-likeness (QED) is 0.210. The Morgan fingerprint density at radius 1 is 1.00 bits per heavy atom. The fourth-order valence-corrected chi connectivity index (χ4v) is 6.43. The largest absolute Gasteiger partial charge is 0.494 e. The molecule has 0 spiro atoms. The van der Waals surface area contributed by atoms with Crippen LogP contribution in [0.5, 0.6) is 5.75 Å². The Morgan fingerprint density at radius 3 is 2.43 bits per heavy atom. The van der Waals surface area contributed by atoms with Crippen molar-refractivity contribution in [1.82, 2.24) is 4.57 Å². The first-order valence-electron chi connectivity index (χ1n) is 14.7. The van der Waals surface area contributed by atoms with Gasteiger partial charge in [-0.25, -0.2) is 14.6 Å². The Kier molecular flexibility index (Phi) is 8.54. The van der Waals surface area contributed by atoms with E-state index in [0.717, 1.165) is 16.7 Å². The van der Waals surface area contributed by atoms with Gasteiger partial charge in [-0.15, -0.1) is 0 Å². The summed E-state index contributed by atoms with van der Waals surface area (Å²) >= 11 is 1.20. The molecule has 0 fully saturated rings. The van der Waals surface area contributed by atoms with Crippen molar-refractivity contribution in [1.29, 1.82) is 0 Å². The third kappa shape index (κ3) is 5.82. The molecule has 10 heteroatoms. The molecule has 9 nitrogen and oxygen atoms in total. The summed E-state index contributed by atoms with van der Waals surface area (Å²) in [4.78, 5) is 44.5. The number of esters is 1. The van der Waals surface area contributed by atoms with Crippen LogP contribution in [0, 0.1) is 6.92 Å². The minimum absolute atomic E-state index is 0.157. The molecule has 1 aliphatic rings. The first kappa shape index (κ1) is 30.5. The number of nitrogens with zero attached hydrogens (tertiary/aromatic N) is 2. The van der Waals surface area contributed by atoms with Crippen LogP contribution in [0.2, 0.25) is 0 Å². The highest BCUT2D eigenvalue weighted by molar-refractivity contribution is 7.07. The number of fused-ring (bicyclic) bond motifs is 1. The van der Waals surface area contributed by atoms with Crippen molar-refractivity contribution >= 4 is 35.0 Å². The number of hydrogen-bond acceptors (Lipinski definition) is 8. The first-order chi connectivity index (χ1) is 22.3. The molecule has 0 unspecified atom stereocenters. The van der Waals surface area contributed by atoms with Gasteiger partial charge < -0.3 is 19.0 Å². The molecule has 0 saturated heterocycles. The van der Waals surface area contributed by atoms with Gasteiger partial charge >= 0.3 is 11.9 Å². The number of carbonyl (C=O) groups excluding carboxylic acids is 1. The molecular formula is C36H30N2O7S. The first-order valence-corrected chi connectivity index (χ1v) is 15.6. The van der Waals surface area contributed by atoms with Gasteiger partial charge in [0, 0.05) is 17.2 Å². The van der Waals surface area contributed by atoms with E-state index in [9.17, 15) is 19.5 Å². The van der Waals surface area contributed by atoms with Crippen LogP contribution < -0.4 is 19.6 Å². The summed E-state index contributed by atoms with van der Waals surface area (Å²) in [7, 11) is 0. The molecule has 1 atom stereocenters. The predicted octanol–water partition coefficient (Wildman–Crippen LogP) is 5.60. The van der Waals surface area contributed by atoms with Crippen LogP contribution >= 0.6 is 11.3 Å². The summed E-state index contributed by atoms with van der Waals surface area (Å²) in [6.07, 6.45) is 1.65. The number of rotatable bonds is 9. The van der Waals surface area contributed by atoms with Gasteiger partial charge in [0.1, 0.15) is 17.3 Å². The highest BCUT2D eigenvalue weighted by Gasteiger charge is 2.35. The molecule has 3 aromatic carbocycles. The van der Waals surface area contributed by atoms with Crippen molar-refractivity contribution in [2.75, 3.05) is 13.2 Å². The van der Waals surface area contributed by atoms with Crippen LogP contribution in [-0.2, 0) is 9.53 Å². The topological polar surface area (TPSA) is 120 Å². The molecule has 1 N–H and O–H groups in total. The van der Waals surface area contributed by atoms with Gasteiger partial charge in [0.2, 0.25) is 0 Å². The number of aromatic carboxylic acids is 1. The van der Waals surface area contributed by atoms with Gasteiger partial charge in [0.15, 0.2) is 4.80 Å². The molecule has 2 aromatic heterocycles. The van der Waals surface area contributed by atoms with Gasteiger partial charge in [0.05, 0.1) is 40.6 Å². The zero-order valence-corrected chi connectivity index (χ0v) is 26.2. The number of carbonyl (C=O) groups is 2. The van der Waals surface area contributed by atoms with E-state index in [1.807, 2.05) is 68.4 Å². The maximum absolute atomic E-state index is 14.2. The van der Waals surface area contributed by atoms with Gasteiger partial charge in [0.25, 0.3) is 5.56 Å². The molecule has 0 radical (unpaired) electrons. The summed E-state index contributed by atoms with van der Waals surface area (Å²) in [6, 6.07) is 24.2. The van der Waals surface area contributed by atoms with Crippen molar-refractivity contribution in [2.45, 2.75) is 26.8 Å². The number of benzene rings is 3. The Hall–Kier alpha value is -5.48. The summed E-state index contributed by atoms with van der Waals surface area (Å²) < 4.78 is 19.2. The van der Waals surface area contributed by atoms with E-state index in [-0.39, 0.29) is 23.3 Å². The smallest absolute Gasteiger partial charge is 0.338 e. The highest BCUT2D eigenvalue weighted by Crippen LogP contribution is 2.36. The molecule has 0 amide bonds. The Morgan fingerprint density at radius 2 is 1.76 bits per heavy atom. The van der Waals surface area contributed by atoms with Crippen molar-refractivity contribution in [2.24, 2.45) is 4.99 Å². The van der Waals surface area contributed by atoms with Crippen molar-refractivity contribution in [3.63, 3.8) is 0 Å². The van der Waals surface area contributed by atoms with E-state index >= 15 is 0 Å². The van der Waals surface area contributed by atoms with E-state index in [2.05, 4.69) is 0 Å². The minimum atomic E-state index is -1.00. The molecule has 5 aromatic rings. The van der Waals surface area contributed by atoms with Gasteiger partial charge in [-0.2, -0.15) is 0 Å². The van der Waals surface area contributed by atoms with Gasteiger partial charge in [-0.1, -0.05) is 59.9 Å². The number of aromatic nitrogens is 1. The number of thiazole rings is 1. The molecule has 3 heterocycles. The highest BCUT2D eigenvalue weighted by atomic mass is 32.1. The van der Waals surface area contributed by atoms with Gasteiger partial charge in [-0.05, 0) is 68.3 Å². The molecule has 0 bridgehead atoms. The second kappa shape index (κ2) is 12.9. The molecule has 0 saturated carbocycles. The monoisotopic (exact) mass is 634 g/mol. The van der Waals surface area contributed by atoms with Crippen LogP contribution in [0.3, 0.4) is 0 Å².